The second kappa shape index (κ2) is 5.85. The van der Waals surface area contributed by atoms with E-state index in [2.05, 4.69) is 15.1 Å². The van der Waals surface area contributed by atoms with Gasteiger partial charge in [-0.1, -0.05) is 12.8 Å². The number of hydrogen-bond donors (Lipinski definition) is 0. The molecule has 4 rings (SSSR count). The summed E-state index contributed by atoms with van der Waals surface area (Å²) >= 11 is 0. The lowest BCUT2D eigenvalue weighted by molar-refractivity contribution is -0.122. The van der Waals surface area contributed by atoms with Crippen molar-refractivity contribution in [2.45, 2.75) is 46.0 Å². The fourth-order valence-corrected chi connectivity index (χ4v) is 3.42. The van der Waals surface area contributed by atoms with Crippen LogP contribution in [-0.4, -0.2) is 25.4 Å². The van der Waals surface area contributed by atoms with Gasteiger partial charge in [0.25, 0.3) is 0 Å². The first-order chi connectivity index (χ1) is 11.6. The number of aromatic nitrogens is 4. The van der Waals surface area contributed by atoms with E-state index in [0.29, 0.717) is 29.5 Å². The molecule has 3 heterocycles. The lowest BCUT2D eigenvalue weighted by Gasteiger charge is -2.09. The molecule has 0 atom stereocenters. The van der Waals surface area contributed by atoms with E-state index >= 15 is 0 Å². The van der Waals surface area contributed by atoms with Gasteiger partial charge in [-0.25, -0.2) is 9.97 Å². The third-order valence-electron chi connectivity index (χ3n) is 4.61. The van der Waals surface area contributed by atoms with Crippen LogP contribution in [0.15, 0.2) is 22.6 Å². The van der Waals surface area contributed by atoms with E-state index in [1.807, 2.05) is 32.0 Å². The minimum Gasteiger partial charge on any atom is -0.458 e. The van der Waals surface area contributed by atoms with Crippen LogP contribution in [0.25, 0.3) is 17.2 Å². The molecule has 1 saturated carbocycles. The van der Waals surface area contributed by atoms with E-state index in [4.69, 9.17) is 4.42 Å². The largest absolute Gasteiger partial charge is 0.458 e. The fraction of sp³-hybridized carbons (Fsp3) is 0.444. The molecule has 124 valence electrons. The molecule has 0 bridgehead atoms. The van der Waals surface area contributed by atoms with Crippen molar-refractivity contribution >= 4 is 11.4 Å². The molecular formula is C18H20N4O2. The molecule has 0 saturated heterocycles. The lowest BCUT2D eigenvalue weighted by Crippen LogP contribution is -2.15. The summed E-state index contributed by atoms with van der Waals surface area (Å²) in [5.74, 6) is 3.18. The highest BCUT2D eigenvalue weighted by Crippen LogP contribution is 2.27. The van der Waals surface area contributed by atoms with Crippen molar-refractivity contribution in [3.63, 3.8) is 0 Å². The van der Waals surface area contributed by atoms with E-state index in [-0.39, 0.29) is 11.7 Å². The maximum atomic E-state index is 12.5. The van der Waals surface area contributed by atoms with Crippen molar-refractivity contribution in [2.24, 2.45) is 5.92 Å². The van der Waals surface area contributed by atoms with E-state index in [0.717, 1.165) is 37.1 Å². The van der Waals surface area contributed by atoms with Crippen molar-refractivity contribution in [2.75, 3.05) is 0 Å². The van der Waals surface area contributed by atoms with E-state index < -0.39 is 0 Å². The van der Waals surface area contributed by atoms with Crippen molar-refractivity contribution in [3.05, 3.63) is 35.5 Å². The van der Waals surface area contributed by atoms with E-state index in [9.17, 15) is 4.79 Å². The maximum absolute atomic E-state index is 12.5. The molecule has 0 amide bonds. The summed E-state index contributed by atoms with van der Waals surface area (Å²) in [6, 6.07) is 5.62. The zero-order chi connectivity index (χ0) is 16.7. The Morgan fingerprint density at radius 2 is 2.04 bits per heavy atom. The van der Waals surface area contributed by atoms with Gasteiger partial charge >= 0.3 is 0 Å². The molecule has 0 unspecified atom stereocenters. The van der Waals surface area contributed by atoms with Gasteiger partial charge < -0.3 is 4.42 Å². The molecule has 0 radical (unpaired) electrons. The highest BCUT2D eigenvalue weighted by atomic mass is 16.3. The first-order valence-corrected chi connectivity index (χ1v) is 8.43. The average Bonchev–Trinajstić information content (AvgIpc) is 3.25. The molecule has 6 heteroatoms. The summed E-state index contributed by atoms with van der Waals surface area (Å²) in [6.07, 6.45) is 4.68. The number of fused-ring (bicyclic) bond motifs is 1. The Morgan fingerprint density at radius 1 is 1.25 bits per heavy atom. The molecule has 0 N–H and O–H groups in total. The predicted molar refractivity (Wildman–Crippen MR) is 88.6 cm³/mol. The number of hydrogen-bond acceptors (Lipinski definition) is 5. The zero-order valence-corrected chi connectivity index (χ0v) is 14.0. The number of rotatable bonds is 4. The first kappa shape index (κ1) is 15.1. The minimum absolute atomic E-state index is 0.192. The normalized spacial score (nSPS) is 15.4. The smallest absolute Gasteiger partial charge is 0.199 e. The number of nitrogens with zero attached hydrogens (tertiary/aromatic N) is 4. The SMILES string of the molecule is Cc1nc2cc(CC(=O)C3CCCC3)nc(-c3ccc(C)o3)n2n1. The van der Waals surface area contributed by atoms with Gasteiger partial charge in [0.1, 0.15) is 17.4 Å². The van der Waals surface area contributed by atoms with Gasteiger partial charge in [-0.3, -0.25) is 4.79 Å². The molecular weight excluding hydrogens is 304 g/mol. The van der Waals surface area contributed by atoms with Crippen molar-refractivity contribution in [1.29, 1.82) is 0 Å². The first-order valence-electron chi connectivity index (χ1n) is 8.43. The highest BCUT2D eigenvalue weighted by molar-refractivity contribution is 5.83. The maximum Gasteiger partial charge on any atom is 0.199 e. The predicted octanol–water partition coefficient (Wildman–Crippen LogP) is 3.30. The number of ketones is 1. The van der Waals surface area contributed by atoms with Gasteiger partial charge in [0.15, 0.2) is 17.2 Å². The monoisotopic (exact) mass is 324 g/mol. The third-order valence-corrected chi connectivity index (χ3v) is 4.61. The van der Waals surface area contributed by atoms with Crippen LogP contribution in [0, 0.1) is 19.8 Å². The Labute approximate surface area is 139 Å². The van der Waals surface area contributed by atoms with Crippen LogP contribution in [0.3, 0.4) is 0 Å². The third kappa shape index (κ3) is 2.72. The van der Waals surface area contributed by atoms with Crippen molar-refractivity contribution < 1.29 is 9.21 Å². The van der Waals surface area contributed by atoms with Gasteiger partial charge in [-0.05, 0) is 38.8 Å². The fourth-order valence-electron chi connectivity index (χ4n) is 3.42. The summed E-state index contributed by atoms with van der Waals surface area (Å²) in [4.78, 5) is 21.6. The van der Waals surface area contributed by atoms with Gasteiger partial charge in [0.2, 0.25) is 0 Å². The average molecular weight is 324 g/mol. The van der Waals surface area contributed by atoms with Gasteiger partial charge in [-0.15, -0.1) is 5.10 Å². The number of aryl methyl sites for hydroxylation is 2. The zero-order valence-electron chi connectivity index (χ0n) is 14.0. The van der Waals surface area contributed by atoms with Crippen molar-refractivity contribution in [1.82, 2.24) is 19.6 Å². The number of furan rings is 1. The molecule has 0 aromatic carbocycles. The Hall–Kier alpha value is -2.50. The van der Waals surface area contributed by atoms with Crippen LogP contribution >= 0.6 is 0 Å². The summed E-state index contributed by atoms with van der Waals surface area (Å²) in [6.45, 7) is 3.73. The van der Waals surface area contributed by atoms with Crippen LogP contribution in [0.4, 0.5) is 0 Å². The minimum atomic E-state index is 0.192. The molecule has 3 aromatic heterocycles. The Balaban J connectivity index is 1.75. The van der Waals surface area contributed by atoms with Crippen molar-refractivity contribution in [3.8, 4) is 11.6 Å². The summed E-state index contributed by atoms with van der Waals surface area (Å²) in [5, 5.41) is 4.39. The van der Waals surface area contributed by atoms with Crippen LogP contribution in [0.2, 0.25) is 0 Å². The van der Waals surface area contributed by atoms with Crippen LogP contribution in [0.1, 0.15) is 43.0 Å². The van der Waals surface area contributed by atoms with E-state index in [1.165, 1.54) is 0 Å². The highest BCUT2D eigenvalue weighted by Gasteiger charge is 2.24. The molecule has 6 nitrogen and oxygen atoms in total. The molecule has 3 aromatic rings. The van der Waals surface area contributed by atoms with Crippen LogP contribution in [-0.2, 0) is 11.2 Å². The number of Topliss-reactive ketones (excluding diaryl/α,β-unsaturated/α-hetero) is 1. The summed E-state index contributed by atoms with van der Waals surface area (Å²) in [7, 11) is 0. The van der Waals surface area contributed by atoms with Crippen LogP contribution < -0.4 is 0 Å². The number of carbonyl (C=O) groups is 1. The Morgan fingerprint density at radius 3 is 2.75 bits per heavy atom. The van der Waals surface area contributed by atoms with Gasteiger partial charge in [0, 0.05) is 18.4 Å². The molecule has 0 aliphatic heterocycles. The Bertz CT molecular complexity index is 903. The summed E-state index contributed by atoms with van der Waals surface area (Å²) in [5.41, 5.74) is 1.43. The molecule has 1 fully saturated rings. The van der Waals surface area contributed by atoms with Gasteiger partial charge in [-0.2, -0.15) is 4.52 Å². The van der Waals surface area contributed by atoms with E-state index in [1.54, 1.807) is 4.52 Å². The molecule has 0 spiro atoms. The Kier molecular flexibility index (Phi) is 3.67. The topological polar surface area (TPSA) is 73.3 Å². The quantitative estimate of drug-likeness (QED) is 0.736. The summed E-state index contributed by atoms with van der Waals surface area (Å²) < 4.78 is 7.39. The second-order valence-corrected chi connectivity index (χ2v) is 6.53. The van der Waals surface area contributed by atoms with Crippen LogP contribution in [0.5, 0.6) is 0 Å². The standard InChI is InChI=1S/C18H20N4O2/c1-11-7-8-16(24-11)18-20-14(9-15(23)13-5-3-4-6-13)10-17-19-12(2)21-22(17)18/h7-8,10,13H,3-6,9H2,1-2H3. The molecule has 1 aliphatic rings. The van der Waals surface area contributed by atoms with Gasteiger partial charge in [0.05, 0.1) is 5.69 Å². The molecule has 1 aliphatic carbocycles. The second-order valence-electron chi connectivity index (χ2n) is 6.53. The molecule has 24 heavy (non-hydrogen) atoms. The lowest BCUT2D eigenvalue weighted by atomic mass is 9.99. The number of carbonyl (C=O) groups excluding carboxylic acids is 1.